The summed E-state index contributed by atoms with van der Waals surface area (Å²) in [6.45, 7) is -0.416. The van der Waals surface area contributed by atoms with Crippen LogP contribution >= 0.6 is 0 Å². The van der Waals surface area contributed by atoms with Crippen molar-refractivity contribution < 1.29 is 19.4 Å². The van der Waals surface area contributed by atoms with Gasteiger partial charge < -0.3 is 14.6 Å². The monoisotopic (exact) mass is 327 g/mol. The predicted molar refractivity (Wildman–Crippen MR) is 83.9 cm³/mol. The second kappa shape index (κ2) is 6.37. The summed E-state index contributed by atoms with van der Waals surface area (Å²) in [5.41, 5.74) is -0.0113. The molecule has 8 nitrogen and oxygen atoms in total. The first-order valence-corrected chi connectivity index (χ1v) is 6.97. The Hall–Kier alpha value is -3.42. The number of methoxy groups -OCH3 is 1. The summed E-state index contributed by atoms with van der Waals surface area (Å²) >= 11 is 0. The minimum Gasteiger partial charge on any atom is -0.507 e. The van der Waals surface area contributed by atoms with Gasteiger partial charge in [0, 0.05) is 6.07 Å². The van der Waals surface area contributed by atoms with Crippen LogP contribution in [-0.4, -0.2) is 33.2 Å². The molecule has 0 spiro atoms. The normalized spacial score (nSPS) is 10.5. The molecule has 1 N–H and O–H groups in total. The average Bonchev–Trinajstić information content (AvgIpc) is 2.61. The summed E-state index contributed by atoms with van der Waals surface area (Å²) in [5.74, 6) is -0.672. The number of hydrogen-bond donors (Lipinski definition) is 1. The molecule has 0 aliphatic rings. The maximum Gasteiger partial charge on any atom is 0.343 e. The molecule has 3 rings (SSSR count). The predicted octanol–water partition coefficient (Wildman–Crippen LogP) is 1.32. The third-order valence-corrected chi connectivity index (χ3v) is 3.37. The number of aromatic hydroxyl groups is 1. The summed E-state index contributed by atoms with van der Waals surface area (Å²) < 4.78 is 10.9. The standard InChI is InChI=1S/C16H13N3O5/c1-23-10-6-7-12(14(20)8-10)16(22)24-9-19-15(21)11-4-2-3-5-13(11)17-18-19/h2-8,20H,9H2,1H3. The Kier molecular flexibility index (Phi) is 4.11. The summed E-state index contributed by atoms with van der Waals surface area (Å²) in [6, 6.07) is 10.9. The summed E-state index contributed by atoms with van der Waals surface area (Å²) in [5, 5.41) is 17.8. The second-order valence-corrected chi connectivity index (χ2v) is 4.86. The van der Waals surface area contributed by atoms with Crippen molar-refractivity contribution in [1.82, 2.24) is 15.0 Å². The molecule has 8 heteroatoms. The van der Waals surface area contributed by atoms with Crippen LogP contribution in [0.2, 0.25) is 0 Å². The lowest BCUT2D eigenvalue weighted by Gasteiger charge is -2.08. The number of carbonyl (C=O) groups excluding carboxylic acids is 1. The number of phenols is 1. The van der Waals surface area contributed by atoms with Crippen molar-refractivity contribution in [1.29, 1.82) is 0 Å². The highest BCUT2D eigenvalue weighted by Crippen LogP contribution is 2.23. The Morgan fingerprint density at radius 3 is 2.79 bits per heavy atom. The molecule has 0 aliphatic carbocycles. The molecule has 0 saturated heterocycles. The zero-order valence-corrected chi connectivity index (χ0v) is 12.7. The molecule has 1 heterocycles. The number of carbonyl (C=O) groups is 1. The van der Waals surface area contributed by atoms with E-state index < -0.39 is 18.3 Å². The number of benzene rings is 2. The van der Waals surface area contributed by atoms with E-state index >= 15 is 0 Å². The van der Waals surface area contributed by atoms with Gasteiger partial charge in [-0.25, -0.2) is 4.79 Å². The lowest BCUT2D eigenvalue weighted by Crippen LogP contribution is -2.26. The van der Waals surface area contributed by atoms with Gasteiger partial charge in [0.05, 0.1) is 12.5 Å². The Morgan fingerprint density at radius 1 is 1.25 bits per heavy atom. The van der Waals surface area contributed by atoms with E-state index in [0.717, 1.165) is 4.68 Å². The Balaban J connectivity index is 1.80. The quantitative estimate of drug-likeness (QED) is 0.721. The molecule has 24 heavy (non-hydrogen) atoms. The molecule has 0 atom stereocenters. The number of phenolic OH excluding ortho intramolecular Hbond substituents is 1. The molecule has 0 fully saturated rings. The van der Waals surface area contributed by atoms with Crippen LogP contribution in [0.1, 0.15) is 10.4 Å². The van der Waals surface area contributed by atoms with Gasteiger partial charge in [-0.2, -0.15) is 4.68 Å². The van der Waals surface area contributed by atoms with Crippen molar-refractivity contribution >= 4 is 16.9 Å². The summed E-state index contributed by atoms with van der Waals surface area (Å²) in [7, 11) is 1.44. The first kappa shape index (κ1) is 15.5. The zero-order chi connectivity index (χ0) is 17.1. The van der Waals surface area contributed by atoms with Gasteiger partial charge in [0.25, 0.3) is 5.56 Å². The lowest BCUT2D eigenvalue weighted by molar-refractivity contribution is 0.0333. The minimum absolute atomic E-state index is 0.0439. The highest BCUT2D eigenvalue weighted by molar-refractivity contribution is 5.92. The van der Waals surface area contributed by atoms with Gasteiger partial charge >= 0.3 is 5.97 Å². The third kappa shape index (κ3) is 2.89. The molecule has 3 aromatic rings. The number of nitrogens with zero attached hydrogens (tertiary/aromatic N) is 3. The lowest BCUT2D eigenvalue weighted by atomic mass is 10.2. The SMILES string of the molecule is COc1ccc(C(=O)OCn2nnc3ccccc3c2=O)c(O)c1. The van der Waals surface area contributed by atoms with Crippen LogP contribution in [0.25, 0.3) is 10.9 Å². The topological polar surface area (TPSA) is 104 Å². The average molecular weight is 327 g/mol. The van der Waals surface area contributed by atoms with E-state index in [4.69, 9.17) is 9.47 Å². The van der Waals surface area contributed by atoms with Crippen LogP contribution in [0.15, 0.2) is 47.3 Å². The van der Waals surface area contributed by atoms with Gasteiger partial charge in [0.2, 0.25) is 0 Å². The van der Waals surface area contributed by atoms with Crippen LogP contribution in [-0.2, 0) is 11.5 Å². The number of ether oxygens (including phenoxy) is 2. The fourth-order valence-electron chi connectivity index (χ4n) is 2.12. The summed E-state index contributed by atoms with van der Waals surface area (Å²) in [6.07, 6.45) is 0. The highest BCUT2D eigenvalue weighted by atomic mass is 16.5. The Bertz CT molecular complexity index is 967. The minimum atomic E-state index is -0.794. The van der Waals surface area contributed by atoms with Gasteiger partial charge in [0.1, 0.15) is 22.6 Å². The van der Waals surface area contributed by atoms with Crippen molar-refractivity contribution in [3.63, 3.8) is 0 Å². The van der Waals surface area contributed by atoms with Crippen LogP contribution in [0, 0.1) is 0 Å². The highest BCUT2D eigenvalue weighted by Gasteiger charge is 2.14. The van der Waals surface area contributed by atoms with Gasteiger partial charge in [-0.3, -0.25) is 4.79 Å². The molecule has 0 aliphatic heterocycles. The van der Waals surface area contributed by atoms with Crippen LogP contribution in [0.4, 0.5) is 0 Å². The number of rotatable bonds is 4. The van der Waals surface area contributed by atoms with E-state index in [1.807, 2.05) is 0 Å². The van der Waals surface area contributed by atoms with Crippen LogP contribution in [0.3, 0.4) is 0 Å². The van der Waals surface area contributed by atoms with Crippen LogP contribution < -0.4 is 10.3 Å². The summed E-state index contributed by atoms with van der Waals surface area (Å²) in [4.78, 5) is 24.3. The number of hydrogen-bond acceptors (Lipinski definition) is 7. The molecule has 0 bridgehead atoms. The molecule has 1 aromatic heterocycles. The van der Waals surface area contributed by atoms with E-state index in [2.05, 4.69) is 10.3 Å². The molecular weight excluding hydrogens is 314 g/mol. The molecule has 122 valence electrons. The first-order chi connectivity index (χ1) is 11.6. The van der Waals surface area contributed by atoms with Crippen molar-refractivity contribution in [2.75, 3.05) is 7.11 Å². The number of fused-ring (bicyclic) bond motifs is 1. The van der Waals surface area contributed by atoms with Crippen molar-refractivity contribution in [3.05, 3.63) is 58.4 Å². The van der Waals surface area contributed by atoms with Crippen molar-refractivity contribution in [2.24, 2.45) is 0 Å². The van der Waals surface area contributed by atoms with E-state index in [9.17, 15) is 14.7 Å². The molecule has 2 aromatic carbocycles. The number of aromatic nitrogens is 3. The van der Waals surface area contributed by atoms with Gasteiger partial charge in [-0.15, -0.1) is 5.10 Å². The smallest absolute Gasteiger partial charge is 0.343 e. The van der Waals surface area contributed by atoms with Crippen LogP contribution in [0.5, 0.6) is 11.5 Å². The second-order valence-electron chi connectivity index (χ2n) is 4.86. The third-order valence-electron chi connectivity index (χ3n) is 3.37. The van der Waals surface area contributed by atoms with Gasteiger partial charge in [-0.05, 0) is 24.3 Å². The molecule has 0 saturated carbocycles. The van der Waals surface area contributed by atoms with Crippen molar-refractivity contribution in [3.8, 4) is 11.5 Å². The molecule has 0 radical (unpaired) electrons. The number of esters is 1. The maximum atomic E-state index is 12.2. The fraction of sp³-hybridized carbons (Fsp3) is 0.125. The maximum absolute atomic E-state index is 12.2. The van der Waals surface area contributed by atoms with Crippen molar-refractivity contribution in [2.45, 2.75) is 6.73 Å². The fourth-order valence-corrected chi connectivity index (χ4v) is 2.12. The Labute approximate surface area is 135 Å². The Morgan fingerprint density at radius 2 is 2.04 bits per heavy atom. The molecular formula is C16H13N3O5. The first-order valence-electron chi connectivity index (χ1n) is 6.97. The molecule has 0 unspecified atom stereocenters. The zero-order valence-electron chi connectivity index (χ0n) is 12.7. The molecule has 0 amide bonds. The van der Waals surface area contributed by atoms with E-state index in [0.29, 0.717) is 16.7 Å². The van der Waals surface area contributed by atoms with E-state index in [-0.39, 0.29) is 11.3 Å². The van der Waals surface area contributed by atoms with E-state index in [1.165, 1.54) is 25.3 Å². The van der Waals surface area contributed by atoms with Gasteiger partial charge in [-0.1, -0.05) is 17.3 Å². The largest absolute Gasteiger partial charge is 0.507 e. The van der Waals surface area contributed by atoms with E-state index in [1.54, 1.807) is 24.3 Å². The van der Waals surface area contributed by atoms with Gasteiger partial charge in [0.15, 0.2) is 6.73 Å².